The number of rotatable bonds is 5. The molecular formula is C23H21FN6. The number of benzene rings is 1. The summed E-state index contributed by atoms with van der Waals surface area (Å²) in [7, 11) is 0. The molecule has 3 aromatic heterocycles. The molecule has 0 radical (unpaired) electrons. The molecule has 1 aliphatic heterocycles. The molecule has 7 heteroatoms. The molecule has 1 fully saturated rings. The maximum absolute atomic E-state index is 13.4. The third kappa shape index (κ3) is 3.71. The van der Waals surface area contributed by atoms with E-state index in [0.29, 0.717) is 0 Å². The summed E-state index contributed by atoms with van der Waals surface area (Å²) in [6.45, 7) is 2.81. The monoisotopic (exact) mass is 400 g/mol. The Hall–Kier alpha value is -3.45. The Morgan fingerprint density at radius 1 is 1.00 bits per heavy atom. The van der Waals surface area contributed by atoms with Crippen LogP contribution in [0.1, 0.15) is 18.0 Å². The van der Waals surface area contributed by atoms with E-state index in [2.05, 4.69) is 30.5 Å². The number of pyridine rings is 1. The van der Waals surface area contributed by atoms with Gasteiger partial charge in [-0.2, -0.15) is 0 Å². The SMILES string of the molecule is Fc1ccc(-c2ncn(C3CCN(Cc4cccnc4)C3)c2-c2ccncn2)cc1. The van der Waals surface area contributed by atoms with E-state index in [1.54, 1.807) is 30.9 Å². The van der Waals surface area contributed by atoms with Crippen LogP contribution in [0.5, 0.6) is 0 Å². The second-order valence-corrected chi connectivity index (χ2v) is 7.49. The van der Waals surface area contributed by atoms with Crippen LogP contribution in [0.4, 0.5) is 4.39 Å². The number of nitrogens with zero attached hydrogens (tertiary/aromatic N) is 6. The minimum absolute atomic E-state index is 0.261. The molecular weight excluding hydrogens is 379 g/mol. The van der Waals surface area contributed by atoms with Crippen LogP contribution in [-0.4, -0.2) is 42.5 Å². The van der Waals surface area contributed by atoms with Gasteiger partial charge in [0.15, 0.2) is 0 Å². The second kappa shape index (κ2) is 8.12. The minimum Gasteiger partial charge on any atom is -0.324 e. The van der Waals surface area contributed by atoms with Crippen molar-refractivity contribution in [2.75, 3.05) is 13.1 Å². The van der Waals surface area contributed by atoms with E-state index in [1.165, 1.54) is 17.7 Å². The first-order valence-electron chi connectivity index (χ1n) is 9.98. The lowest BCUT2D eigenvalue weighted by molar-refractivity contribution is 0.316. The van der Waals surface area contributed by atoms with Crippen LogP contribution in [0.25, 0.3) is 22.6 Å². The molecule has 0 amide bonds. The summed E-state index contributed by atoms with van der Waals surface area (Å²) in [4.78, 5) is 19.9. The number of likely N-dealkylation sites (tertiary alicyclic amines) is 1. The highest BCUT2D eigenvalue weighted by Crippen LogP contribution is 2.35. The van der Waals surface area contributed by atoms with Gasteiger partial charge in [-0.3, -0.25) is 9.88 Å². The molecule has 0 N–H and O–H groups in total. The molecule has 1 unspecified atom stereocenters. The van der Waals surface area contributed by atoms with E-state index >= 15 is 0 Å². The Labute approximate surface area is 174 Å². The smallest absolute Gasteiger partial charge is 0.123 e. The highest BCUT2D eigenvalue weighted by atomic mass is 19.1. The van der Waals surface area contributed by atoms with Crippen LogP contribution in [0, 0.1) is 5.82 Å². The normalized spacial score (nSPS) is 16.8. The Kier molecular flexibility index (Phi) is 5.03. The van der Waals surface area contributed by atoms with Crippen molar-refractivity contribution in [1.82, 2.24) is 29.4 Å². The van der Waals surface area contributed by atoms with Gasteiger partial charge in [0.05, 0.1) is 23.4 Å². The van der Waals surface area contributed by atoms with Crippen molar-refractivity contribution in [3.63, 3.8) is 0 Å². The molecule has 1 aliphatic rings. The van der Waals surface area contributed by atoms with Gasteiger partial charge in [-0.05, 0) is 48.4 Å². The van der Waals surface area contributed by atoms with E-state index < -0.39 is 0 Å². The van der Waals surface area contributed by atoms with Crippen LogP contribution < -0.4 is 0 Å². The van der Waals surface area contributed by atoms with Crippen molar-refractivity contribution in [3.05, 3.63) is 85.1 Å². The van der Waals surface area contributed by atoms with E-state index in [-0.39, 0.29) is 11.9 Å². The van der Waals surface area contributed by atoms with Crippen molar-refractivity contribution < 1.29 is 4.39 Å². The van der Waals surface area contributed by atoms with Gasteiger partial charge in [-0.1, -0.05) is 6.07 Å². The Morgan fingerprint density at radius 2 is 1.90 bits per heavy atom. The van der Waals surface area contributed by atoms with Crippen molar-refractivity contribution in [3.8, 4) is 22.6 Å². The van der Waals surface area contributed by atoms with Gasteiger partial charge in [0, 0.05) is 49.8 Å². The average molecular weight is 400 g/mol. The fourth-order valence-corrected chi connectivity index (χ4v) is 4.07. The molecule has 0 spiro atoms. The zero-order chi connectivity index (χ0) is 20.3. The number of halogens is 1. The quantitative estimate of drug-likeness (QED) is 0.507. The summed E-state index contributed by atoms with van der Waals surface area (Å²) in [5.41, 5.74) is 4.64. The Bertz CT molecular complexity index is 1110. The van der Waals surface area contributed by atoms with E-state index in [0.717, 1.165) is 48.7 Å². The maximum Gasteiger partial charge on any atom is 0.123 e. The van der Waals surface area contributed by atoms with E-state index in [9.17, 15) is 4.39 Å². The topological polar surface area (TPSA) is 59.7 Å². The molecule has 4 heterocycles. The lowest BCUT2D eigenvalue weighted by atomic mass is 10.1. The lowest BCUT2D eigenvalue weighted by Crippen LogP contribution is -2.21. The average Bonchev–Trinajstić information content (AvgIpc) is 3.43. The zero-order valence-corrected chi connectivity index (χ0v) is 16.4. The molecule has 4 aromatic rings. The van der Waals surface area contributed by atoms with Gasteiger partial charge >= 0.3 is 0 Å². The predicted molar refractivity (Wildman–Crippen MR) is 112 cm³/mol. The van der Waals surface area contributed by atoms with Crippen LogP contribution in [0.15, 0.2) is 73.7 Å². The molecule has 1 aromatic carbocycles. The third-order valence-electron chi connectivity index (χ3n) is 5.51. The fraction of sp³-hybridized carbons (Fsp3) is 0.217. The van der Waals surface area contributed by atoms with Crippen LogP contribution in [0.3, 0.4) is 0 Å². The number of imidazole rings is 1. The van der Waals surface area contributed by atoms with E-state index in [4.69, 9.17) is 4.98 Å². The van der Waals surface area contributed by atoms with Gasteiger partial charge in [-0.25, -0.2) is 19.3 Å². The zero-order valence-electron chi connectivity index (χ0n) is 16.4. The summed E-state index contributed by atoms with van der Waals surface area (Å²) >= 11 is 0. The van der Waals surface area contributed by atoms with Crippen molar-refractivity contribution in [2.45, 2.75) is 19.0 Å². The van der Waals surface area contributed by atoms with Crippen LogP contribution in [-0.2, 0) is 6.54 Å². The second-order valence-electron chi connectivity index (χ2n) is 7.49. The predicted octanol–water partition coefficient (Wildman–Crippen LogP) is 3.99. The van der Waals surface area contributed by atoms with Crippen LogP contribution >= 0.6 is 0 Å². The van der Waals surface area contributed by atoms with E-state index in [1.807, 2.05) is 24.7 Å². The number of aromatic nitrogens is 5. The summed E-state index contributed by atoms with van der Waals surface area (Å²) in [5.74, 6) is -0.261. The van der Waals surface area contributed by atoms with Gasteiger partial charge in [0.1, 0.15) is 12.1 Å². The van der Waals surface area contributed by atoms with Crippen molar-refractivity contribution in [2.24, 2.45) is 0 Å². The first kappa shape index (κ1) is 18.6. The van der Waals surface area contributed by atoms with Gasteiger partial charge < -0.3 is 4.57 Å². The molecule has 1 atom stereocenters. The molecule has 1 saturated heterocycles. The standard InChI is InChI=1S/C23H21FN6/c24-19-5-3-18(4-6-19)22-23(21-7-10-26-15-27-21)30(16-28-22)20-8-11-29(14-20)13-17-2-1-9-25-12-17/h1-7,9-10,12,15-16,20H,8,11,13-14H2. The highest BCUT2D eigenvalue weighted by Gasteiger charge is 2.28. The molecule has 0 bridgehead atoms. The largest absolute Gasteiger partial charge is 0.324 e. The van der Waals surface area contributed by atoms with Gasteiger partial charge in [0.25, 0.3) is 0 Å². The first-order chi connectivity index (χ1) is 14.8. The summed E-state index contributed by atoms with van der Waals surface area (Å²) in [6, 6.07) is 12.7. The van der Waals surface area contributed by atoms with Crippen molar-refractivity contribution in [1.29, 1.82) is 0 Å². The Morgan fingerprint density at radius 3 is 2.67 bits per heavy atom. The van der Waals surface area contributed by atoms with Crippen molar-refractivity contribution >= 4 is 0 Å². The first-order valence-corrected chi connectivity index (χ1v) is 9.98. The molecule has 0 saturated carbocycles. The summed E-state index contributed by atoms with van der Waals surface area (Å²) < 4.78 is 15.7. The van der Waals surface area contributed by atoms with Gasteiger partial charge in [0.2, 0.25) is 0 Å². The number of hydrogen-bond acceptors (Lipinski definition) is 5. The fourth-order valence-electron chi connectivity index (χ4n) is 4.07. The molecule has 30 heavy (non-hydrogen) atoms. The molecule has 150 valence electrons. The summed E-state index contributed by atoms with van der Waals surface area (Å²) in [5, 5.41) is 0. The molecule has 0 aliphatic carbocycles. The highest BCUT2D eigenvalue weighted by molar-refractivity contribution is 5.76. The summed E-state index contributed by atoms with van der Waals surface area (Å²) in [6.07, 6.45) is 9.91. The third-order valence-corrected chi connectivity index (χ3v) is 5.51. The maximum atomic E-state index is 13.4. The Balaban J connectivity index is 1.47. The van der Waals surface area contributed by atoms with Crippen LogP contribution in [0.2, 0.25) is 0 Å². The molecule has 5 rings (SSSR count). The lowest BCUT2D eigenvalue weighted by Gasteiger charge is -2.18. The minimum atomic E-state index is -0.261. The number of hydrogen-bond donors (Lipinski definition) is 0. The molecule has 6 nitrogen and oxygen atoms in total. The van der Waals surface area contributed by atoms with Gasteiger partial charge in [-0.15, -0.1) is 0 Å².